The minimum absolute atomic E-state index is 0.130. The minimum atomic E-state index is -0.757. The van der Waals surface area contributed by atoms with Gasteiger partial charge in [0, 0.05) is 23.1 Å². The van der Waals surface area contributed by atoms with Crippen LogP contribution < -0.4 is 0 Å². The van der Waals surface area contributed by atoms with Crippen molar-refractivity contribution in [1.29, 1.82) is 0 Å². The van der Waals surface area contributed by atoms with Gasteiger partial charge in [-0.2, -0.15) is 0 Å². The number of benzene rings is 1. The summed E-state index contributed by atoms with van der Waals surface area (Å²) in [6.45, 7) is 9.14. The van der Waals surface area contributed by atoms with E-state index in [9.17, 15) is 4.79 Å². The molecule has 3 heteroatoms. The number of hydrogen-bond acceptors (Lipinski definition) is 1. The number of aromatic nitrogens is 1. The lowest BCUT2D eigenvalue weighted by atomic mass is 9.86. The molecule has 0 saturated carbocycles. The summed E-state index contributed by atoms with van der Waals surface area (Å²) in [5.41, 5.74) is 3.66. The van der Waals surface area contributed by atoms with Gasteiger partial charge in [0.1, 0.15) is 0 Å². The van der Waals surface area contributed by atoms with Gasteiger partial charge in [0.15, 0.2) is 0 Å². The lowest BCUT2D eigenvalue weighted by Crippen LogP contribution is -2.10. The highest BCUT2D eigenvalue weighted by atomic mass is 16.4. The van der Waals surface area contributed by atoms with Crippen LogP contribution in [0.1, 0.15) is 38.4 Å². The average molecular weight is 259 g/mol. The van der Waals surface area contributed by atoms with Gasteiger partial charge in [-0.05, 0) is 36.1 Å². The third kappa shape index (κ3) is 2.80. The topological polar surface area (TPSA) is 42.2 Å². The van der Waals surface area contributed by atoms with Crippen molar-refractivity contribution in [2.75, 3.05) is 0 Å². The number of hydrogen-bond donors (Lipinski definition) is 1. The first-order valence-corrected chi connectivity index (χ1v) is 6.61. The monoisotopic (exact) mass is 259 g/mol. The Labute approximate surface area is 113 Å². The Bertz CT molecular complexity index is 617. The van der Waals surface area contributed by atoms with Gasteiger partial charge in [0.2, 0.25) is 0 Å². The molecular weight excluding hydrogens is 238 g/mol. The molecule has 19 heavy (non-hydrogen) atoms. The molecule has 0 aliphatic rings. The predicted octanol–water partition coefficient (Wildman–Crippen LogP) is 3.72. The Morgan fingerprint density at radius 3 is 2.53 bits per heavy atom. The summed E-state index contributed by atoms with van der Waals surface area (Å²) < 4.78 is 2.08. The van der Waals surface area contributed by atoms with Crippen molar-refractivity contribution >= 4 is 16.9 Å². The first-order valence-electron chi connectivity index (χ1n) is 6.61. The van der Waals surface area contributed by atoms with E-state index in [0.717, 1.165) is 11.2 Å². The molecule has 1 aromatic carbocycles. The minimum Gasteiger partial charge on any atom is -0.481 e. The molecular formula is C16H21NO2. The largest absolute Gasteiger partial charge is 0.481 e. The lowest BCUT2D eigenvalue weighted by Gasteiger charge is -2.19. The van der Waals surface area contributed by atoms with Crippen molar-refractivity contribution in [3.63, 3.8) is 0 Å². The number of aryl methyl sites for hydroxylation is 2. The van der Waals surface area contributed by atoms with Crippen molar-refractivity contribution < 1.29 is 9.90 Å². The molecule has 1 aromatic heterocycles. The third-order valence-electron chi connectivity index (χ3n) is 3.52. The standard InChI is InChI=1S/C16H21NO2/c1-11-9-12-10-13(16(2,3)4)5-6-14(12)17(11)8-7-15(18)19/h5-6,9-10H,7-8H2,1-4H3,(H,18,19). The third-order valence-corrected chi connectivity index (χ3v) is 3.52. The zero-order chi connectivity index (χ0) is 14.2. The molecule has 0 atom stereocenters. The van der Waals surface area contributed by atoms with Crippen LogP contribution >= 0.6 is 0 Å². The van der Waals surface area contributed by atoms with Crippen LogP contribution in [0.15, 0.2) is 24.3 Å². The number of aliphatic carboxylic acids is 1. The molecule has 0 saturated heterocycles. The normalized spacial score (nSPS) is 12.0. The number of nitrogens with zero attached hydrogens (tertiary/aromatic N) is 1. The molecule has 3 nitrogen and oxygen atoms in total. The van der Waals surface area contributed by atoms with Crippen LogP contribution in [0.25, 0.3) is 10.9 Å². The molecule has 0 radical (unpaired) electrons. The Hall–Kier alpha value is -1.77. The molecule has 1 heterocycles. The zero-order valence-corrected chi connectivity index (χ0v) is 12.0. The van der Waals surface area contributed by atoms with Crippen molar-refractivity contribution in [2.45, 2.75) is 46.1 Å². The van der Waals surface area contributed by atoms with Crippen LogP contribution in [0.4, 0.5) is 0 Å². The van der Waals surface area contributed by atoms with Gasteiger partial charge in [-0.1, -0.05) is 26.8 Å². The Morgan fingerprint density at radius 1 is 1.26 bits per heavy atom. The number of carboxylic acid groups (broad SMARTS) is 1. The molecule has 2 aromatic rings. The van der Waals surface area contributed by atoms with Crippen LogP contribution in [0.3, 0.4) is 0 Å². The second-order valence-corrected chi connectivity index (χ2v) is 6.10. The van der Waals surface area contributed by atoms with Gasteiger partial charge in [-0.3, -0.25) is 4.79 Å². The van der Waals surface area contributed by atoms with Crippen molar-refractivity contribution in [1.82, 2.24) is 4.57 Å². The van der Waals surface area contributed by atoms with E-state index in [4.69, 9.17) is 5.11 Å². The van der Waals surface area contributed by atoms with Crippen molar-refractivity contribution in [3.05, 3.63) is 35.5 Å². The molecule has 0 unspecified atom stereocenters. The maximum atomic E-state index is 10.7. The van der Waals surface area contributed by atoms with E-state index in [-0.39, 0.29) is 11.8 Å². The fraction of sp³-hybridized carbons (Fsp3) is 0.438. The maximum absolute atomic E-state index is 10.7. The molecule has 102 valence electrons. The molecule has 0 amide bonds. The SMILES string of the molecule is Cc1cc2cc(C(C)(C)C)ccc2n1CCC(=O)O. The van der Waals surface area contributed by atoms with Gasteiger partial charge in [-0.15, -0.1) is 0 Å². The highest BCUT2D eigenvalue weighted by molar-refractivity contribution is 5.82. The maximum Gasteiger partial charge on any atom is 0.305 e. The summed E-state index contributed by atoms with van der Waals surface area (Å²) in [5, 5.41) is 10.0. The second-order valence-electron chi connectivity index (χ2n) is 6.10. The Balaban J connectivity index is 2.45. The molecule has 2 rings (SSSR count). The van der Waals surface area contributed by atoms with E-state index >= 15 is 0 Å². The van der Waals surface area contributed by atoms with E-state index in [1.165, 1.54) is 10.9 Å². The molecule has 0 bridgehead atoms. The molecule has 0 spiro atoms. The summed E-state index contributed by atoms with van der Waals surface area (Å²) in [6.07, 6.45) is 0.158. The predicted molar refractivity (Wildman–Crippen MR) is 77.6 cm³/mol. The fourth-order valence-corrected chi connectivity index (χ4v) is 2.38. The van der Waals surface area contributed by atoms with Crippen LogP contribution in [-0.4, -0.2) is 15.6 Å². The van der Waals surface area contributed by atoms with Gasteiger partial charge >= 0.3 is 5.97 Å². The average Bonchev–Trinajstić information content (AvgIpc) is 2.59. The lowest BCUT2D eigenvalue weighted by molar-refractivity contribution is -0.137. The number of carboxylic acids is 1. The zero-order valence-electron chi connectivity index (χ0n) is 12.0. The van der Waals surface area contributed by atoms with E-state index < -0.39 is 5.97 Å². The Kier molecular flexibility index (Phi) is 3.40. The highest BCUT2D eigenvalue weighted by Gasteiger charge is 2.15. The second kappa shape index (κ2) is 4.72. The number of rotatable bonds is 3. The molecule has 0 aliphatic heterocycles. The first kappa shape index (κ1) is 13.7. The molecule has 0 aliphatic carbocycles. The summed E-state index contributed by atoms with van der Waals surface area (Å²) in [7, 11) is 0. The first-order chi connectivity index (χ1) is 8.79. The Morgan fingerprint density at radius 2 is 1.95 bits per heavy atom. The van der Waals surface area contributed by atoms with Gasteiger partial charge < -0.3 is 9.67 Å². The quantitative estimate of drug-likeness (QED) is 0.912. The van der Waals surface area contributed by atoms with Crippen LogP contribution in [0, 0.1) is 6.92 Å². The molecule has 0 fully saturated rings. The summed E-state index contributed by atoms with van der Waals surface area (Å²) in [5.74, 6) is -0.757. The highest BCUT2D eigenvalue weighted by Crippen LogP contribution is 2.28. The van der Waals surface area contributed by atoms with E-state index in [2.05, 4.69) is 49.6 Å². The van der Waals surface area contributed by atoms with Crippen molar-refractivity contribution in [2.24, 2.45) is 0 Å². The van der Waals surface area contributed by atoms with Crippen molar-refractivity contribution in [3.8, 4) is 0 Å². The van der Waals surface area contributed by atoms with E-state index in [1.54, 1.807) is 0 Å². The number of carbonyl (C=O) groups is 1. The van der Waals surface area contributed by atoms with Gasteiger partial charge in [-0.25, -0.2) is 0 Å². The van der Waals surface area contributed by atoms with E-state index in [1.807, 2.05) is 6.92 Å². The summed E-state index contributed by atoms with van der Waals surface area (Å²) >= 11 is 0. The van der Waals surface area contributed by atoms with Crippen LogP contribution in [0.2, 0.25) is 0 Å². The van der Waals surface area contributed by atoms with Gasteiger partial charge in [0.05, 0.1) is 6.42 Å². The molecule has 1 N–H and O–H groups in total. The fourth-order valence-electron chi connectivity index (χ4n) is 2.38. The van der Waals surface area contributed by atoms with E-state index in [0.29, 0.717) is 6.54 Å². The van der Waals surface area contributed by atoms with Gasteiger partial charge in [0.25, 0.3) is 0 Å². The smallest absolute Gasteiger partial charge is 0.305 e. The summed E-state index contributed by atoms with van der Waals surface area (Å²) in [6, 6.07) is 8.58. The van der Waals surface area contributed by atoms with Crippen LogP contribution in [-0.2, 0) is 16.8 Å². The summed E-state index contributed by atoms with van der Waals surface area (Å²) in [4.78, 5) is 10.7. The van der Waals surface area contributed by atoms with Crippen LogP contribution in [0.5, 0.6) is 0 Å². The number of fused-ring (bicyclic) bond motifs is 1.